The first-order valence-corrected chi connectivity index (χ1v) is 8.62. The molecular formula is C16H10N6O4S. The number of benzene rings is 1. The Morgan fingerprint density at radius 1 is 1.04 bits per heavy atom. The molecule has 0 bridgehead atoms. The lowest BCUT2D eigenvalue weighted by Gasteiger charge is -1.94. The van der Waals surface area contributed by atoms with Gasteiger partial charge < -0.3 is 8.94 Å². The predicted octanol–water partition coefficient (Wildman–Crippen LogP) is 3.38. The van der Waals surface area contributed by atoms with Crippen molar-refractivity contribution in [3.63, 3.8) is 0 Å². The Bertz CT molecular complexity index is 1060. The Balaban J connectivity index is 1.41. The average molecular weight is 382 g/mol. The van der Waals surface area contributed by atoms with Crippen molar-refractivity contribution in [1.29, 1.82) is 0 Å². The maximum atomic E-state index is 10.7. The van der Waals surface area contributed by atoms with Crippen molar-refractivity contribution in [1.82, 2.24) is 25.3 Å². The van der Waals surface area contributed by atoms with Crippen LogP contribution in [0, 0.1) is 10.1 Å². The van der Waals surface area contributed by atoms with Crippen molar-refractivity contribution in [2.24, 2.45) is 0 Å². The zero-order valence-corrected chi connectivity index (χ0v) is 14.4. The van der Waals surface area contributed by atoms with Gasteiger partial charge in [0.1, 0.15) is 0 Å². The van der Waals surface area contributed by atoms with Crippen molar-refractivity contribution in [2.75, 3.05) is 0 Å². The monoisotopic (exact) mass is 382 g/mol. The third kappa shape index (κ3) is 3.82. The zero-order chi connectivity index (χ0) is 18.6. The van der Waals surface area contributed by atoms with Crippen LogP contribution in [0.3, 0.4) is 0 Å². The van der Waals surface area contributed by atoms with E-state index in [2.05, 4.69) is 25.3 Å². The number of rotatable bonds is 6. The summed E-state index contributed by atoms with van der Waals surface area (Å²) in [4.78, 5) is 18.4. The Kier molecular flexibility index (Phi) is 4.58. The maximum Gasteiger partial charge on any atom is 0.277 e. The molecule has 27 heavy (non-hydrogen) atoms. The second-order valence-corrected chi connectivity index (χ2v) is 6.14. The molecule has 11 heteroatoms. The summed E-state index contributed by atoms with van der Waals surface area (Å²) in [6.45, 7) is 0. The molecule has 0 atom stereocenters. The second-order valence-electron chi connectivity index (χ2n) is 5.21. The van der Waals surface area contributed by atoms with Crippen LogP contribution < -0.4 is 0 Å². The van der Waals surface area contributed by atoms with Crippen LogP contribution in [-0.2, 0) is 5.75 Å². The Labute approximate surface area is 155 Å². The Morgan fingerprint density at radius 3 is 2.56 bits per heavy atom. The summed E-state index contributed by atoms with van der Waals surface area (Å²) in [5.74, 6) is 1.47. The highest BCUT2D eigenvalue weighted by Crippen LogP contribution is 2.26. The standard InChI is InChI=1S/C16H10N6O4S/c23-22(24)12-3-1-10(2-4-12)14-18-13(26-21-14)9-27-16-20-19-15(25-16)11-5-7-17-8-6-11/h1-8H,9H2. The van der Waals surface area contributed by atoms with Crippen LogP contribution in [0.15, 0.2) is 63.0 Å². The number of hydrogen-bond donors (Lipinski definition) is 0. The number of hydrogen-bond acceptors (Lipinski definition) is 10. The third-order valence-corrected chi connectivity index (χ3v) is 4.26. The number of non-ortho nitro benzene ring substituents is 1. The van der Waals surface area contributed by atoms with E-state index in [0.29, 0.717) is 34.1 Å². The molecule has 0 saturated carbocycles. The van der Waals surface area contributed by atoms with Gasteiger partial charge in [-0.25, -0.2) is 0 Å². The van der Waals surface area contributed by atoms with Gasteiger partial charge in [0.15, 0.2) is 0 Å². The SMILES string of the molecule is O=[N+]([O-])c1ccc(-c2noc(CSc3nnc(-c4ccncc4)o3)n2)cc1. The van der Waals surface area contributed by atoms with Crippen molar-refractivity contribution in [3.05, 3.63) is 64.8 Å². The van der Waals surface area contributed by atoms with Gasteiger partial charge in [0.2, 0.25) is 17.6 Å². The molecule has 0 radical (unpaired) electrons. The Hall–Kier alpha value is -3.60. The van der Waals surface area contributed by atoms with E-state index in [4.69, 9.17) is 8.94 Å². The highest BCUT2D eigenvalue weighted by molar-refractivity contribution is 7.98. The highest BCUT2D eigenvalue weighted by atomic mass is 32.2. The van der Waals surface area contributed by atoms with Gasteiger partial charge in [0.05, 0.1) is 10.7 Å². The minimum Gasteiger partial charge on any atom is -0.411 e. The summed E-state index contributed by atoms with van der Waals surface area (Å²) in [7, 11) is 0. The summed E-state index contributed by atoms with van der Waals surface area (Å²) >= 11 is 1.26. The average Bonchev–Trinajstić information content (AvgIpc) is 3.37. The van der Waals surface area contributed by atoms with E-state index < -0.39 is 4.92 Å². The van der Waals surface area contributed by atoms with Crippen LogP contribution in [0.4, 0.5) is 5.69 Å². The normalized spacial score (nSPS) is 10.8. The minimum atomic E-state index is -0.466. The van der Waals surface area contributed by atoms with Crippen molar-refractivity contribution < 1.29 is 13.9 Å². The molecule has 134 valence electrons. The number of pyridine rings is 1. The van der Waals surface area contributed by atoms with Gasteiger partial charge in [-0.2, -0.15) is 4.98 Å². The molecule has 0 aliphatic heterocycles. The lowest BCUT2D eigenvalue weighted by atomic mass is 10.2. The van der Waals surface area contributed by atoms with Gasteiger partial charge in [-0.05, 0) is 24.3 Å². The first-order valence-electron chi connectivity index (χ1n) is 7.63. The van der Waals surface area contributed by atoms with E-state index in [9.17, 15) is 10.1 Å². The summed E-state index contributed by atoms with van der Waals surface area (Å²) < 4.78 is 10.8. The molecule has 0 saturated heterocycles. The van der Waals surface area contributed by atoms with Crippen LogP contribution in [-0.4, -0.2) is 30.2 Å². The minimum absolute atomic E-state index is 0.000538. The number of aromatic nitrogens is 5. The van der Waals surface area contributed by atoms with Gasteiger partial charge in [-0.1, -0.05) is 16.9 Å². The molecule has 0 fully saturated rings. The first-order chi connectivity index (χ1) is 13.2. The van der Waals surface area contributed by atoms with E-state index in [1.807, 2.05) is 0 Å². The molecule has 0 aliphatic carbocycles. The quantitative estimate of drug-likeness (QED) is 0.277. The molecule has 0 spiro atoms. The number of thioether (sulfide) groups is 1. The fraction of sp³-hybridized carbons (Fsp3) is 0.0625. The van der Waals surface area contributed by atoms with E-state index in [-0.39, 0.29) is 5.69 Å². The van der Waals surface area contributed by atoms with Crippen LogP contribution in [0.2, 0.25) is 0 Å². The topological polar surface area (TPSA) is 134 Å². The number of nitrogens with zero attached hydrogens (tertiary/aromatic N) is 6. The van der Waals surface area contributed by atoms with Crippen LogP contribution >= 0.6 is 11.8 Å². The predicted molar refractivity (Wildman–Crippen MR) is 93.5 cm³/mol. The molecule has 3 heterocycles. The molecule has 4 rings (SSSR count). The van der Waals surface area contributed by atoms with Gasteiger partial charge in [-0.3, -0.25) is 15.1 Å². The van der Waals surface area contributed by atoms with Gasteiger partial charge in [0.25, 0.3) is 10.9 Å². The largest absolute Gasteiger partial charge is 0.411 e. The molecule has 1 aromatic carbocycles. The molecular weight excluding hydrogens is 372 g/mol. The van der Waals surface area contributed by atoms with Gasteiger partial charge in [-0.15, -0.1) is 10.2 Å². The molecule has 0 unspecified atom stereocenters. The van der Waals surface area contributed by atoms with E-state index in [0.717, 1.165) is 5.56 Å². The summed E-state index contributed by atoms with van der Waals surface area (Å²) in [6.07, 6.45) is 3.29. The van der Waals surface area contributed by atoms with E-state index in [1.165, 1.54) is 23.9 Å². The smallest absolute Gasteiger partial charge is 0.277 e. The molecule has 4 aromatic rings. The number of nitro benzene ring substituents is 1. The van der Waals surface area contributed by atoms with E-state index in [1.54, 1.807) is 36.7 Å². The third-order valence-electron chi connectivity index (χ3n) is 3.46. The Morgan fingerprint density at radius 2 is 1.81 bits per heavy atom. The first kappa shape index (κ1) is 16.8. The van der Waals surface area contributed by atoms with Crippen LogP contribution in [0.5, 0.6) is 0 Å². The lowest BCUT2D eigenvalue weighted by molar-refractivity contribution is -0.384. The van der Waals surface area contributed by atoms with Crippen molar-refractivity contribution >= 4 is 17.4 Å². The van der Waals surface area contributed by atoms with Crippen LogP contribution in [0.25, 0.3) is 22.8 Å². The van der Waals surface area contributed by atoms with Crippen LogP contribution in [0.1, 0.15) is 5.89 Å². The highest BCUT2D eigenvalue weighted by Gasteiger charge is 2.14. The molecule has 10 nitrogen and oxygen atoms in total. The van der Waals surface area contributed by atoms with Gasteiger partial charge in [0, 0.05) is 35.7 Å². The van der Waals surface area contributed by atoms with E-state index >= 15 is 0 Å². The summed E-state index contributed by atoms with van der Waals surface area (Å²) in [5, 5.41) is 22.9. The lowest BCUT2D eigenvalue weighted by Crippen LogP contribution is -1.88. The van der Waals surface area contributed by atoms with Gasteiger partial charge >= 0.3 is 0 Å². The zero-order valence-electron chi connectivity index (χ0n) is 13.6. The second kappa shape index (κ2) is 7.33. The van der Waals surface area contributed by atoms with Crippen molar-refractivity contribution in [3.8, 4) is 22.8 Å². The fourth-order valence-electron chi connectivity index (χ4n) is 2.17. The molecule has 0 amide bonds. The molecule has 0 N–H and O–H groups in total. The maximum absolute atomic E-state index is 10.7. The fourth-order valence-corrected chi connectivity index (χ4v) is 2.77. The summed E-state index contributed by atoms with van der Waals surface area (Å²) in [5.41, 5.74) is 1.40. The molecule has 0 aliphatic rings. The number of nitro groups is 1. The molecule has 3 aromatic heterocycles. The van der Waals surface area contributed by atoms with Crippen molar-refractivity contribution in [2.45, 2.75) is 11.0 Å². The summed E-state index contributed by atoms with van der Waals surface area (Å²) in [6, 6.07) is 9.46.